The summed E-state index contributed by atoms with van der Waals surface area (Å²) in [5.74, 6) is 0.865. The highest BCUT2D eigenvalue weighted by Crippen LogP contribution is 2.30. The van der Waals surface area contributed by atoms with E-state index in [1.807, 2.05) is 23.9 Å². The molecule has 7 heteroatoms. The van der Waals surface area contributed by atoms with Crippen LogP contribution in [-0.4, -0.2) is 31.6 Å². The van der Waals surface area contributed by atoms with Crippen molar-refractivity contribution in [3.05, 3.63) is 36.2 Å². The summed E-state index contributed by atoms with van der Waals surface area (Å²) in [6.45, 7) is 3.10. The molecule has 0 saturated heterocycles. The first-order valence-corrected chi connectivity index (χ1v) is 8.36. The number of aryl methyl sites for hydroxylation is 1. The minimum absolute atomic E-state index is 0.196. The highest BCUT2D eigenvalue weighted by molar-refractivity contribution is 7.90. The SMILES string of the molecule is CCn1ccc(COc2ccc(S(C)(=O)=O)cc2OC)n1. The van der Waals surface area contributed by atoms with Crippen LogP contribution in [0, 0.1) is 0 Å². The fourth-order valence-electron chi connectivity index (χ4n) is 1.81. The summed E-state index contributed by atoms with van der Waals surface area (Å²) in [5, 5.41) is 4.31. The average molecular weight is 310 g/mol. The summed E-state index contributed by atoms with van der Waals surface area (Å²) in [7, 11) is -1.80. The molecule has 0 aliphatic heterocycles. The maximum Gasteiger partial charge on any atom is 0.175 e. The summed E-state index contributed by atoms with van der Waals surface area (Å²) in [6.07, 6.45) is 3.03. The quantitative estimate of drug-likeness (QED) is 0.815. The Bertz CT molecular complexity index is 722. The predicted octanol–water partition coefficient (Wildman–Crippen LogP) is 1.89. The molecular weight excluding hydrogens is 292 g/mol. The van der Waals surface area contributed by atoms with Crippen LogP contribution in [0.25, 0.3) is 0 Å². The number of nitrogens with zero attached hydrogens (tertiary/aromatic N) is 2. The summed E-state index contributed by atoms with van der Waals surface area (Å²) >= 11 is 0. The number of rotatable bonds is 6. The van der Waals surface area contributed by atoms with E-state index in [2.05, 4.69) is 5.10 Å². The fraction of sp³-hybridized carbons (Fsp3) is 0.357. The van der Waals surface area contributed by atoms with Crippen molar-refractivity contribution in [3.63, 3.8) is 0 Å². The number of benzene rings is 1. The average Bonchev–Trinajstić information content (AvgIpc) is 2.92. The van der Waals surface area contributed by atoms with E-state index in [1.165, 1.54) is 19.2 Å². The molecule has 0 saturated carbocycles. The van der Waals surface area contributed by atoms with Gasteiger partial charge in [0.25, 0.3) is 0 Å². The largest absolute Gasteiger partial charge is 0.493 e. The Hall–Kier alpha value is -2.02. The first kappa shape index (κ1) is 15.4. The molecule has 6 nitrogen and oxygen atoms in total. The van der Waals surface area contributed by atoms with Crippen LogP contribution in [0.3, 0.4) is 0 Å². The molecule has 0 N–H and O–H groups in total. The smallest absolute Gasteiger partial charge is 0.175 e. The van der Waals surface area contributed by atoms with Gasteiger partial charge in [-0.3, -0.25) is 4.68 Å². The molecule has 0 bridgehead atoms. The number of hydrogen-bond acceptors (Lipinski definition) is 5. The molecule has 2 rings (SSSR count). The molecule has 0 atom stereocenters. The van der Waals surface area contributed by atoms with Gasteiger partial charge in [-0.1, -0.05) is 0 Å². The van der Waals surface area contributed by atoms with Crippen molar-refractivity contribution in [1.29, 1.82) is 0 Å². The summed E-state index contributed by atoms with van der Waals surface area (Å²) in [4.78, 5) is 0.196. The van der Waals surface area contributed by atoms with Crippen LogP contribution >= 0.6 is 0 Å². The zero-order valence-corrected chi connectivity index (χ0v) is 13.1. The summed E-state index contributed by atoms with van der Waals surface area (Å²) in [5.41, 5.74) is 0.797. The lowest BCUT2D eigenvalue weighted by molar-refractivity contribution is 0.279. The predicted molar refractivity (Wildman–Crippen MR) is 78.3 cm³/mol. The monoisotopic (exact) mass is 310 g/mol. The van der Waals surface area contributed by atoms with Crippen molar-refractivity contribution in [3.8, 4) is 11.5 Å². The standard InChI is InChI=1S/C14H18N2O4S/c1-4-16-8-7-11(15-16)10-20-13-6-5-12(21(3,17)18)9-14(13)19-2/h5-9H,4,10H2,1-3H3. The van der Waals surface area contributed by atoms with E-state index in [0.29, 0.717) is 18.1 Å². The number of methoxy groups -OCH3 is 1. The van der Waals surface area contributed by atoms with E-state index in [4.69, 9.17) is 9.47 Å². The Labute approximate surface area is 124 Å². The van der Waals surface area contributed by atoms with E-state index in [9.17, 15) is 8.42 Å². The Morgan fingerprint density at radius 2 is 2.00 bits per heavy atom. The third-order valence-corrected chi connectivity index (χ3v) is 4.07. The van der Waals surface area contributed by atoms with Crippen molar-refractivity contribution in [2.75, 3.05) is 13.4 Å². The first-order chi connectivity index (χ1) is 9.94. The second kappa shape index (κ2) is 6.17. The maximum atomic E-state index is 11.5. The Kier molecular flexibility index (Phi) is 4.52. The van der Waals surface area contributed by atoms with Gasteiger partial charge in [0, 0.05) is 25.1 Å². The number of ether oxygens (including phenoxy) is 2. The number of sulfone groups is 1. The second-order valence-electron chi connectivity index (χ2n) is 4.54. The normalized spacial score (nSPS) is 11.4. The lowest BCUT2D eigenvalue weighted by Crippen LogP contribution is -2.02. The van der Waals surface area contributed by atoms with E-state index < -0.39 is 9.84 Å². The molecule has 1 heterocycles. The molecule has 0 radical (unpaired) electrons. The van der Waals surface area contributed by atoms with Gasteiger partial charge >= 0.3 is 0 Å². The van der Waals surface area contributed by atoms with Gasteiger partial charge < -0.3 is 9.47 Å². The van der Waals surface area contributed by atoms with E-state index in [-0.39, 0.29) is 4.90 Å². The Morgan fingerprint density at radius 1 is 1.24 bits per heavy atom. The van der Waals surface area contributed by atoms with Crippen LogP contribution in [0.15, 0.2) is 35.4 Å². The zero-order valence-electron chi connectivity index (χ0n) is 12.2. The van der Waals surface area contributed by atoms with Crippen LogP contribution < -0.4 is 9.47 Å². The van der Waals surface area contributed by atoms with Gasteiger partial charge in [-0.2, -0.15) is 5.10 Å². The molecule has 0 unspecified atom stereocenters. The van der Waals surface area contributed by atoms with Crippen LogP contribution in [0.5, 0.6) is 11.5 Å². The fourth-order valence-corrected chi connectivity index (χ4v) is 2.44. The molecule has 1 aromatic carbocycles. The van der Waals surface area contributed by atoms with Crippen molar-refractivity contribution in [2.45, 2.75) is 25.0 Å². The van der Waals surface area contributed by atoms with Gasteiger partial charge in [0.05, 0.1) is 17.7 Å². The molecular formula is C14H18N2O4S. The van der Waals surface area contributed by atoms with E-state index in [1.54, 1.807) is 6.07 Å². The third kappa shape index (κ3) is 3.75. The van der Waals surface area contributed by atoms with Crippen molar-refractivity contribution < 1.29 is 17.9 Å². The molecule has 2 aromatic rings. The summed E-state index contributed by atoms with van der Waals surface area (Å²) in [6, 6.07) is 6.42. The topological polar surface area (TPSA) is 70.4 Å². The van der Waals surface area contributed by atoms with Crippen LogP contribution in [0.4, 0.5) is 0 Å². The van der Waals surface area contributed by atoms with Gasteiger partial charge in [0.15, 0.2) is 21.3 Å². The first-order valence-electron chi connectivity index (χ1n) is 6.47. The van der Waals surface area contributed by atoms with Crippen LogP contribution in [0.2, 0.25) is 0 Å². The Balaban J connectivity index is 2.16. The maximum absolute atomic E-state index is 11.5. The summed E-state index contributed by atoms with van der Waals surface area (Å²) < 4.78 is 35.7. The molecule has 114 valence electrons. The zero-order chi connectivity index (χ0) is 15.5. The molecule has 0 amide bonds. The van der Waals surface area contributed by atoms with E-state index in [0.717, 1.165) is 18.5 Å². The van der Waals surface area contributed by atoms with Crippen molar-refractivity contribution >= 4 is 9.84 Å². The number of aromatic nitrogens is 2. The third-order valence-electron chi connectivity index (χ3n) is 2.96. The van der Waals surface area contributed by atoms with Crippen molar-refractivity contribution in [1.82, 2.24) is 9.78 Å². The lowest BCUT2D eigenvalue weighted by atomic mass is 10.3. The van der Waals surface area contributed by atoms with E-state index >= 15 is 0 Å². The minimum Gasteiger partial charge on any atom is -0.493 e. The lowest BCUT2D eigenvalue weighted by Gasteiger charge is -2.11. The highest BCUT2D eigenvalue weighted by atomic mass is 32.2. The Morgan fingerprint density at radius 3 is 2.57 bits per heavy atom. The molecule has 1 aromatic heterocycles. The molecule has 0 aliphatic rings. The van der Waals surface area contributed by atoms with Gasteiger partial charge in [-0.05, 0) is 25.1 Å². The second-order valence-corrected chi connectivity index (χ2v) is 6.55. The molecule has 0 spiro atoms. The minimum atomic E-state index is -3.27. The van der Waals surface area contributed by atoms with Gasteiger partial charge in [0.2, 0.25) is 0 Å². The van der Waals surface area contributed by atoms with Gasteiger partial charge in [-0.25, -0.2) is 8.42 Å². The van der Waals surface area contributed by atoms with Gasteiger partial charge in [0.1, 0.15) is 6.61 Å². The van der Waals surface area contributed by atoms with Crippen LogP contribution in [0.1, 0.15) is 12.6 Å². The molecule has 21 heavy (non-hydrogen) atoms. The van der Waals surface area contributed by atoms with Crippen LogP contribution in [-0.2, 0) is 23.0 Å². The molecule has 0 fully saturated rings. The van der Waals surface area contributed by atoms with Crippen molar-refractivity contribution in [2.24, 2.45) is 0 Å². The highest BCUT2D eigenvalue weighted by Gasteiger charge is 2.12. The van der Waals surface area contributed by atoms with Gasteiger partial charge in [-0.15, -0.1) is 0 Å². The molecule has 0 aliphatic carbocycles. The number of hydrogen-bond donors (Lipinski definition) is 0.